The van der Waals surface area contributed by atoms with E-state index in [-0.39, 0.29) is 28.5 Å². The van der Waals surface area contributed by atoms with Crippen LogP contribution in [-0.2, 0) is 10.0 Å². The number of nitrogens with one attached hydrogen (secondary N) is 1. The molecule has 1 aromatic carbocycles. The lowest BCUT2D eigenvalue weighted by Gasteiger charge is -2.26. The van der Waals surface area contributed by atoms with E-state index in [1.165, 1.54) is 13.2 Å². The van der Waals surface area contributed by atoms with E-state index >= 15 is 0 Å². The molecular formula is C14H22ClNO3S. The summed E-state index contributed by atoms with van der Waals surface area (Å²) in [5, 5.41) is 0.358. The Morgan fingerprint density at radius 1 is 1.15 bits per heavy atom. The molecule has 0 spiro atoms. The van der Waals surface area contributed by atoms with Crippen LogP contribution in [0, 0.1) is 11.8 Å². The summed E-state index contributed by atoms with van der Waals surface area (Å²) >= 11 is 5.89. The predicted molar refractivity (Wildman–Crippen MR) is 81.8 cm³/mol. The standard InChI is InChI=1S/C14H22ClNO3S/c1-9(2)14(10(3)4)16-20(17,18)13-8-11(15)6-7-12(13)19-5/h6-10,14,16H,1-5H3. The monoisotopic (exact) mass is 319 g/mol. The van der Waals surface area contributed by atoms with E-state index < -0.39 is 10.0 Å². The van der Waals surface area contributed by atoms with Crippen molar-refractivity contribution in [3.8, 4) is 5.75 Å². The van der Waals surface area contributed by atoms with Gasteiger partial charge in [0, 0.05) is 11.1 Å². The van der Waals surface area contributed by atoms with Gasteiger partial charge in [-0.05, 0) is 30.0 Å². The zero-order valence-corrected chi connectivity index (χ0v) is 14.0. The molecule has 4 nitrogen and oxygen atoms in total. The number of methoxy groups -OCH3 is 1. The molecule has 0 bridgehead atoms. The minimum Gasteiger partial charge on any atom is -0.495 e. The molecule has 0 aliphatic rings. The largest absolute Gasteiger partial charge is 0.495 e. The SMILES string of the molecule is COc1ccc(Cl)cc1S(=O)(=O)NC(C(C)C)C(C)C. The highest BCUT2D eigenvalue weighted by molar-refractivity contribution is 7.89. The normalized spacial score (nSPS) is 12.4. The van der Waals surface area contributed by atoms with Crippen molar-refractivity contribution < 1.29 is 13.2 Å². The third-order valence-corrected chi connectivity index (χ3v) is 4.86. The highest BCUT2D eigenvalue weighted by Gasteiger charge is 2.27. The number of sulfonamides is 1. The molecule has 1 aromatic rings. The van der Waals surface area contributed by atoms with Crippen molar-refractivity contribution >= 4 is 21.6 Å². The van der Waals surface area contributed by atoms with E-state index in [9.17, 15) is 8.42 Å². The van der Waals surface area contributed by atoms with Crippen molar-refractivity contribution in [1.29, 1.82) is 0 Å². The van der Waals surface area contributed by atoms with E-state index in [0.717, 1.165) is 0 Å². The lowest BCUT2D eigenvalue weighted by molar-refractivity contribution is 0.354. The molecule has 1 rings (SSSR count). The second kappa shape index (κ2) is 6.78. The molecule has 114 valence electrons. The molecule has 1 N–H and O–H groups in total. The first kappa shape index (κ1) is 17.3. The maximum atomic E-state index is 12.5. The van der Waals surface area contributed by atoms with Gasteiger partial charge in [-0.1, -0.05) is 39.3 Å². The lowest BCUT2D eigenvalue weighted by Crippen LogP contribution is -2.42. The quantitative estimate of drug-likeness (QED) is 0.875. The average molecular weight is 320 g/mol. The van der Waals surface area contributed by atoms with Crippen molar-refractivity contribution in [3.63, 3.8) is 0 Å². The Balaban J connectivity index is 3.20. The fourth-order valence-electron chi connectivity index (χ4n) is 2.15. The maximum Gasteiger partial charge on any atom is 0.244 e. The summed E-state index contributed by atoms with van der Waals surface area (Å²) < 4.78 is 32.9. The van der Waals surface area contributed by atoms with Gasteiger partial charge in [0.1, 0.15) is 10.6 Å². The molecule has 6 heteroatoms. The minimum absolute atomic E-state index is 0.0683. The number of rotatable bonds is 6. The maximum absolute atomic E-state index is 12.5. The van der Waals surface area contributed by atoms with Crippen LogP contribution in [0.1, 0.15) is 27.7 Å². The van der Waals surface area contributed by atoms with Crippen LogP contribution < -0.4 is 9.46 Å². The topological polar surface area (TPSA) is 55.4 Å². The van der Waals surface area contributed by atoms with E-state index in [1.54, 1.807) is 12.1 Å². The molecular weight excluding hydrogens is 298 g/mol. The van der Waals surface area contributed by atoms with Crippen LogP contribution in [0.2, 0.25) is 5.02 Å². The zero-order valence-electron chi connectivity index (χ0n) is 12.5. The van der Waals surface area contributed by atoms with Gasteiger partial charge in [-0.25, -0.2) is 13.1 Å². The van der Waals surface area contributed by atoms with Crippen LogP contribution in [0.3, 0.4) is 0 Å². The Morgan fingerprint density at radius 3 is 2.15 bits per heavy atom. The molecule has 0 aliphatic heterocycles. The molecule has 0 heterocycles. The molecule has 0 unspecified atom stereocenters. The fourth-order valence-corrected chi connectivity index (χ4v) is 4.11. The lowest BCUT2D eigenvalue weighted by atomic mass is 9.94. The molecule has 0 fully saturated rings. The molecule has 0 radical (unpaired) electrons. The zero-order chi connectivity index (χ0) is 15.5. The predicted octanol–water partition coefficient (Wildman–Crippen LogP) is 3.31. The van der Waals surface area contributed by atoms with Crippen LogP contribution in [0.15, 0.2) is 23.1 Å². The van der Waals surface area contributed by atoms with E-state index in [4.69, 9.17) is 16.3 Å². The Hall–Kier alpha value is -0.780. The summed E-state index contributed by atoms with van der Waals surface area (Å²) in [5.74, 6) is 0.665. The Bertz CT molecular complexity index is 548. The number of hydrogen-bond donors (Lipinski definition) is 1. The highest BCUT2D eigenvalue weighted by atomic mass is 35.5. The van der Waals surface area contributed by atoms with Crippen LogP contribution >= 0.6 is 11.6 Å². The molecule has 20 heavy (non-hydrogen) atoms. The van der Waals surface area contributed by atoms with Crippen molar-refractivity contribution in [3.05, 3.63) is 23.2 Å². The van der Waals surface area contributed by atoms with Crippen molar-refractivity contribution in [2.75, 3.05) is 7.11 Å². The number of halogens is 1. The van der Waals surface area contributed by atoms with Gasteiger partial charge in [-0.3, -0.25) is 0 Å². The molecule has 0 saturated heterocycles. The van der Waals surface area contributed by atoms with Gasteiger partial charge in [0.2, 0.25) is 10.0 Å². The molecule has 0 amide bonds. The Kier molecular flexibility index (Phi) is 5.86. The van der Waals surface area contributed by atoms with Crippen molar-refractivity contribution in [1.82, 2.24) is 4.72 Å². The summed E-state index contributed by atoms with van der Waals surface area (Å²) in [6.45, 7) is 7.95. The smallest absolute Gasteiger partial charge is 0.244 e. The van der Waals surface area contributed by atoms with Crippen LogP contribution in [0.4, 0.5) is 0 Å². The van der Waals surface area contributed by atoms with Gasteiger partial charge in [0.15, 0.2) is 0 Å². The first-order valence-corrected chi connectivity index (χ1v) is 8.41. The summed E-state index contributed by atoms with van der Waals surface area (Å²) in [7, 11) is -2.24. The summed E-state index contributed by atoms with van der Waals surface area (Å²) in [6.07, 6.45) is 0. The third-order valence-electron chi connectivity index (χ3n) is 3.14. The van der Waals surface area contributed by atoms with Gasteiger partial charge in [0.05, 0.1) is 7.11 Å². The second-order valence-corrected chi connectivity index (χ2v) is 7.55. The van der Waals surface area contributed by atoms with Crippen molar-refractivity contribution in [2.45, 2.75) is 38.6 Å². The number of hydrogen-bond acceptors (Lipinski definition) is 3. The van der Waals surface area contributed by atoms with E-state index in [2.05, 4.69) is 4.72 Å². The van der Waals surface area contributed by atoms with Gasteiger partial charge >= 0.3 is 0 Å². The van der Waals surface area contributed by atoms with Crippen LogP contribution in [-0.4, -0.2) is 21.6 Å². The second-order valence-electron chi connectivity index (χ2n) is 5.43. The first-order chi connectivity index (χ1) is 9.19. The minimum atomic E-state index is -3.67. The van der Waals surface area contributed by atoms with Gasteiger partial charge in [-0.15, -0.1) is 0 Å². The van der Waals surface area contributed by atoms with Crippen LogP contribution in [0.5, 0.6) is 5.75 Å². The Labute approximate surface area is 126 Å². The number of ether oxygens (including phenoxy) is 1. The van der Waals surface area contributed by atoms with E-state index in [0.29, 0.717) is 5.02 Å². The summed E-state index contributed by atoms with van der Waals surface area (Å²) in [6, 6.07) is 4.41. The van der Waals surface area contributed by atoms with Crippen LogP contribution in [0.25, 0.3) is 0 Å². The van der Waals surface area contributed by atoms with Crippen molar-refractivity contribution in [2.24, 2.45) is 11.8 Å². The third kappa shape index (κ3) is 4.11. The van der Waals surface area contributed by atoms with Gasteiger partial charge < -0.3 is 4.74 Å². The molecule has 0 aromatic heterocycles. The molecule has 0 atom stereocenters. The summed E-state index contributed by atoms with van der Waals surface area (Å²) in [5.41, 5.74) is 0. The Morgan fingerprint density at radius 2 is 1.70 bits per heavy atom. The fraction of sp³-hybridized carbons (Fsp3) is 0.571. The van der Waals surface area contributed by atoms with E-state index in [1.807, 2.05) is 27.7 Å². The number of benzene rings is 1. The molecule has 0 aliphatic carbocycles. The highest BCUT2D eigenvalue weighted by Crippen LogP contribution is 2.28. The first-order valence-electron chi connectivity index (χ1n) is 6.55. The summed E-state index contributed by atoms with van der Waals surface area (Å²) in [4.78, 5) is 0.0683. The van der Waals surface area contributed by atoms with Gasteiger partial charge in [-0.2, -0.15) is 0 Å². The molecule has 0 saturated carbocycles. The van der Waals surface area contributed by atoms with Gasteiger partial charge in [0.25, 0.3) is 0 Å². The average Bonchev–Trinajstić information content (AvgIpc) is 2.35.